The third-order valence-corrected chi connectivity index (χ3v) is 1.81. The van der Waals surface area contributed by atoms with Gasteiger partial charge in [0.2, 0.25) is 0 Å². The number of hydrazone groups is 1. The Hall–Kier alpha value is -1.03. The molecule has 0 saturated carbocycles. The number of hydrogen-bond donors (Lipinski definition) is 2. The quantitative estimate of drug-likeness (QED) is 0.336. The first kappa shape index (κ1) is 10.1. The van der Waals surface area contributed by atoms with Gasteiger partial charge < -0.3 is 0 Å². The standard InChI is InChI=1S/C9H13N3S/c1-7(2)8-3-4-9(10-5-8)12-11-6-13/h3-7H,1-2H3,(H,10,12)(H,11,13). The van der Waals surface area contributed by atoms with Crippen LogP contribution >= 0.6 is 12.6 Å². The van der Waals surface area contributed by atoms with Crippen LogP contribution < -0.4 is 5.43 Å². The van der Waals surface area contributed by atoms with Crippen molar-refractivity contribution in [3.8, 4) is 0 Å². The lowest BCUT2D eigenvalue weighted by Crippen LogP contribution is -1.93. The average molecular weight is 195 g/mol. The minimum absolute atomic E-state index is 0.509. The molecule has 0 aromatic carbocycles. The molecule has 0 aliphatic heterocycles. The Balaban J connectivity index is 2.69. The van der Waals surface area contributed by atoms with Gasteiger partial charge in [0.25, 0.3) is 0 Å². The molecule has 0 aliphatic carbocycles. The van der Waals surface area contributed by atoms with E-state index in [2.05, 4.69) is 42.0 Å². The molecule has 3 nitrogen and oxygen atoms in total. The van der Waals surface area contributed by atoms with Crippen LogP contribution in [0.4, 0.5) is 5.82 Å². The zero-order valence-electron chi connectivity index (χ0n) is 7.73. The molecule has 1 aromatic heterocycles. The van der Waals surface area contributed by atoms with Gasteiger partial charge in [-0.2, -0.15) is 5.10 Å². The largest absolute Gasteiger partial charge is 0.261 e. The normalized spacial score (nSPS) is 11.1. The fraction of sp³-hybridized carbons (Fsp3) is 0.333. The second kappa shape index (κ2) is 4.87. The third-order valence-electron chi connectivity index (χ3n) is 1.69. The summed E-state index contributed by atoms with van der Waals surface area (Å²) in [6, 6.07) is 3.93. The van der Waals surface area contributed by atoms with E-state index in [0.717, 1.165) is 5.82 Å². The van der Waals surface area contributed by atoms with Gasteiger partial charge in [-0.05, 0) is 17.5 Å². The number of thiol groups is 1. The van der Waals surface area contributed by atoms with Crippen molar-refractivity contribution in [2.24, 2.45) is 5.10 Å². The van der Waals surface area contributed by atoms with Crippen LogP contribution in [0.2, 0.25) is 0 Å². The highest BCUT2D eigenvalue weighted by Gasteiger charge is 1.98. The molecule has 0 saturated heterocycles. The first-order valence-corrected chi connectivity index (χ1v) is 4.63. The summed E-state index contributed by atoms with van der Waals surface area (Å²) in [6.07, 6.45) is 1.85. The summed E-state index contributed by atoms with van der Waals surface area (Å²) < 4.78 is 0. The zero-order chi connectivity index (χ0) is 9.68. The van der Waals surface area contributed by atoms with E-state index in [0.29, 0.717) is 5.92 Å². The maximum atomic E-state index is 4.18. The van der Waals surface area contributed by atoms with E-state index in [1.54, 1.807) is 0 Å². The Morgan fingerprint density at radius 1 is 1.54 bits per heavy atom. The van der Waals surface area contributed by atoms with E-state index in [-0.39, 0.29) is 0 Å². The molecule has 0 spiro atoms. The van der Waals surface area contributed by atoms with E-state index in [1.165, 1.54) is 11.1 Å². The minimum atomic E-state index is 0.509. The lowest BCUT2D eigenvalue weighted by Gasteiger charge is -2.04. The van der Waals surface area contributed by atoms with Crippen molar-refractivity contribution in [1.29, 1.82) is 0 Å². The number of aromatic nitrogens is 1. The van der Waals surface area contributed by atoms with Gasteiger partial charge in [-0.1, -0.05) is 19.9 Å². The number of anilines is 1. The molecule has 0 aliphatic rings. The lowest BCUT2D eigenvalue weighted by molar-refractivity contribution is 0.858. The van der Waals surface area contributed by atoms with Gasteiger partial charge in [-0.3, -0.25) is 5.43 Å². The van der Waals surface area contributed by atoms with Crippen LogP contribution in [0.5, 0.6) is 0 Å². The van der Waals surface area contributed by atoms with Gasteiger partial charge in [-0.25, -0.2) is 4.98 Å². The van der Waals surface area contributed by atoms with Crippen LogP contribution in [-0.4, -0.2) is 10.5 Å². The Labute approximate surface area is 83.7 Å². The summed E-state index contributed by atoms with van der Waals surface area (Å²) in [5, 5.41) is 3.74. The summed E-state index contributed by atoms with van der Waals surface area (Å²) in [5.74, 6) is 1.24. The molecular formula is C9H13N3S. The fourth-order valence-electron chi connectivity index (χ4n) is 0.908. The molecule has 1 rings (SSSR count). The van der Waals surface area contributed by atoms with Gasteiger partial charge in [0.1, 0.15) is 5.82 Å². The number of pyridine rings is 1. The van der Waals surface area contributed by atoms with Gasteiger partial charge in [0.05, 0.1) is 5.55 Å². The topological polar surface area (TPSA) is 37.3 Å². The van der Waals surface area contributed by atoms with Crippen molar-refractivity contribution in [3.05, 3.63) is 23.9 Å². The van der Waals surface area contributed by atoms with Gasteiger partial charge in [0.15, 0.2) is 0 Å². The smallest absolute Gasteiger partial charge is 0.146 e. The van der Waals surface area contributed by atoms with Crippen LogP contribution in [0.15, 0.2) is 23.4 Å². The Bertz CT molecular complexity index is 279. The summed E-state index contributed by atoms with van der Waals surface area (Å²) in [5.41, 5.74) is 5.35. The summed E-state index contributed by atoms with van der Waals surface area (Å²) >= 11 is 3.82. The summed E-state index contributed by atoms with van der Waals surface area (Å²) in [6.45, 7) is 4.27. The Kier molecular flexibility index (Phi) is 3.76. The van der Waals surface area contributed by atoms with Gasteiger partial charge >= 0.3 is 0 Å². The first-order chi connectivity index (χ1) is 6.24. The second-order valence-electron chi connectivity index (χ2n) is 2.99. The van der Waals surface area contributed by atoms with Crippen LogP contribution in [-0.2, 0) is 0 Å². The molecule has 0 unspecified atom stereocenters. The highest BCUT2D eigenvalue weighted by atomic mass is 32.1. The zero-order valence-corrected chi connectivity index (χ0v) is 8.62. The molecule has 4 heteroatoms. The highest BCUT2D eigenvalue weighted by Crippen LogP contribution is 2.14. The lowest BCUT2D eigenvalue weighted by atomic mass is 10.1. The second-order valence-corrected chi connectivity index (χ2v) is 3.22. The molecule has 0 radical (unpaired) electrons. The average Bonchev–Trinajstić information content (AvgIpc) is 2.15. The molecule has 13 heavy (non-hydrogen) atoms. The molecule has 0 bridgehead atoms. The van der Waals surface area contributed by atoms with E-state index in [1.807, 2.05) is 18.3 Å². The molecule has 1 N–H and O–H groups in total. The van der Waals surface area contributed by atoms with Crippen molar-refractivity contribution in [1.82, 2.24) is 4.98 Å². The maximum absolute atomic E-state index is 4.18. The number of hydrogen-bond acceptors (Lipinski definition) is 3. The number of nitrogens with one attached hydrogen (secondary N) is 1. The van der Waals surface area contributed by atoms with Crippen molar-refractivity contribution < 1.29 is 0 Å². The van der Waals surface area contributed by atoms with Crippen LogP contribution in [0.25, 0.3) is 0 Å². The Morgan fingerprint density at radius 2 is 2.31 bits per heavy atom. The van der Waals surface area contributed by atoms with Crippen molar-refractivity contribution in [3.63, 3.8) is 0 Å². The molecule has 0 amide bonds. The van der Waals surface area contributed by atoms with Crippen LogP contribution in [0, 0.1) is 0 Å². The maximum Gasteiger partial charge on any atom is 0.146 e. The van der Waals surface area contributed by atoms with Gasteiger partial charge in [0, 0.05) is 6.20 Å². The summed E-state index contributed by atoms with van der Waals surface area (Å²) in [4.78, 5) is 4.18. The molecule has 1 heterocycles. The van der Waals surface area contributed by atoms with E-state index >= 15 is 0 Å². The monoisotopic (exact) mass is 195 g/mol. The van der Waals surface area contributed by atoms with Crippen LogP contribution in [0.1, 0.15) is 25.3 Å². The van der Waals surface area contributed by atoms with E-state index < -0.39 is 0 Å². The third kappa shape index (κ3) is 3.06. The molecule has 0 fully saturated rings. The predicted octanol–water partition coefficient (Wildman–Crippen LogP) is 2.49. The molecular weight excluding hydrogens is 182 g/mol. The number of rotatable bonds is 3. The summed E-state index contributed by atoms with van der Waals surface area (Å²) in [7, 11) is 0. The molecule has 70 valence electrons. The Morgan fingerprint density at radius 3 is 2.77 bits per heavy atom. The number of nitrogens with zero attached hydrogens (tertiary/aromatic N) is 2. The fourth-order valence-corrected chi connectivity index (χ4v) is 0.966. The van der Waals surface area contributed by atoms with Crippen molar-refractivity contribution >= 4 is 24.0 Å². The first-order valence-electron chi connectivity index (χ1n) is 4.11. The minimum Gasteiger partial charge on any atom is -0.261 e. The van der Waals surface area contributed by atoms with E-state index in [4.69, 9.17) is 0 Å². The highest BCUT2D eigenvalue weighted by molar-refractivity contribution is 7.94. The van der Waals surface area contributed by atoms with Crippen LogP contribution in [0.3, 0.4) is 0 Å². The predicted molar refractivity (Wildman–Crippen MR) is 59.4 cm³/mol. The molecule has 1 aromatic rings. The SMILES string of the molecule is CC(C)c1ccc(N/N=C/S)nc1. The van der Waals surface area contributed by atoms with Crippen molar-refractivity contribution in [2.75, 3.05) is 5.43 Å². The van der Waals surface area contributed by atoms with Gasteiger partial charge in [-0.15, -0.1) is 12.6 Å². The molecule has 0 atom stereocenters. The van der Waals surface area contributed by atoms with Crippen molar-refractivity contribution in [2.45, 2.75) is 19.8 Å². The van der Waals surface area contributed by atoms with E-state index in [9.17, 15) is 0 Å².